The van der Waals surface area contributed by atoms with Gasteiger partial charge in [-0.2, -0.15) is 0 Å². The van der Waals surface area contributed by atoms with Crippen LogP contribution in [0.5, 0.6) is 11.5 Å². The van der Waals surface area contributed by atoms with Gasteiger partial charge in [0.25, 0.3) is 0 Å². The van der Waals surface area contributed by atoms with Crippen molar-refractivity contribution in [3.8, 4) is 11.5 Å². The largest absolute Gasteiger partial charge is 0.454 e. The van der Waals surface area contributed by atoms with E-state index in [-0.39, 0.29) is 12.6 Å². The Morgan fingerprint density at radius 2 is 2.00 bits per heavy atom. The molecule has 0 saturated heterocycles. The highest BCUT2D eigenvalue weighted by molar-refractivity contribution is 7.22. The third kappa shape index (κ3) is 1.94. The third-order valence-electron chi connectivity index (χ3n) is 2.97. The van der Waals surface area contributed by atoms with Gasteiger partial charge in [-0.15, -0.1) is 0 Å². The number of ether oxygens (including phenoxy) is 2. The number of nitrogens with one attached hydrogen (secondary N) is 1. The molecule has 0 radical (unpaired) electrons. The fourth-order valence-electron chi connectivity index (χ4n) is 2.05. The quantitative estimate of drug-likeness (QED) is 0.776. The summed E-state index contributed by atoms with van der Waals surface area (Å²) in [7, 11) is 0. The SMILES string of the molecule is Fc1ccc2nc(Nc3ccc4c(c3)OCO4)sc2c1. The Hall–Kier alpha value is -2.34. The van der Waals surface area contributed by atoms with E-state index in [0.717, 1.165) is 21.7 Å². The zero-order valence-electron chi connectivity index (χ0n) is 10.2. The molecule has 4 nitrogen and oxygen atoms in total. The summed E-state index contributed by atoms with van der Waals surface area (Å²) in [6, 6.07) is 10.2. The average molecular weight is 288 g/mol. The monoisotopic (exact) mass is 288 g/mol. The number of rotatable bonds is 2. The van der Waals surface area contributed by atoms with E-state index in [0.29, 0.717) is 10.9 Å². The number of nitrogens with zero attached hydrogens (tertiary/aromatic N) is 1. The number of aromatic nitrogens is 1. The Morgan fingerprint density at radius 1 is 1.10 bits per heavy atom. The molecule has 3 aromatic rings. The molecule has 0 spiro atoms. The maximum Gasteiger partial charge on any atom is 0.231 e. The van der Waals surface area contributed by atoms with Crippen molar-refractivity contribution < 1.29 is 13.9 Å². The molecule has 0 bridgehead atoms. The van der Waals surface area contributed by atoms with Crippen LogP contribution in [0.2, 0.25) is 0 Å². The van der Waals surface area contributed by atoms with Crippen LogP contribution >= 0.6 is 11.3 Å². The van der Waals surface area contributed by atoms with Gasteiger partial charge in [0.15, 0.2) is 16.6 Å². The Bertz CT molecular complexity index is 803. The van der Waals surface area contributed by atoms with Crippen LogP contribution in [0, 0.1) is 5.82 Å². The van der Waals surface area contributed by atoms with E-state index in [2.05, 4.69) is 10.3 Å². The molecule has 20 heavy (non-hydrogen) atoms. The summed E-state index contributed by atoms with van der Waals surface area (Å²) in [5.74, 6) is 1.19. The van der Waals surface area contributed by atoms with Crippen LogP contribution in [-0.4, -0.2) is 11.8 Å². The summed E-state index contributed by atoms with van der Waals surface area (Å²) in [5.41, 5.74) is 1.63. The second-order valence-electron chi connectivity index (χ2n) is 4.32. The van der Waals surface area contributed by atoms with Gasteiger partial charge < -0.3 is 14.8 Å². The lowest BCUT2D eigenvalue weighted by molar-refractivity contribution is 0.174. The third-order valence-corrected chi connectivity index (χ3v) is 3.91. The lowest BCUT2D eigenvalue weighted by atomic mass is 10.3. The molecule has 1 aliphatic rings. The number of thiazole rings is 1. The smallest absolute Gasteiger partial charge is 0.231 e. The van der Waals surface area contributed by atoms with Crippen LogP contribution in [0.15, 0.2) is 36.4 Å². The zero-order chi connectivity index (χ0) is 13.5. The van der Waals surface area contributed by atoms with Crippen LogP contribution in [0.4, 0.5) is 15.2 Å². The van der Waals surface area contributed by atoms with E-state index >= 15 is 0 Å². The molecular formula is C14H9FN2O2S. The van der Waals surface area contributed by atoms with E-state index in [1.165, 1.54) is 23.5 Å². The topological polar surface area (TPSA) is 43.4 Å². The lowest BCUT2D eigenvalue weighted by Crippen LogP contribution is -1.93. The molecule has 0 atom stereocenters. The predicted molar refractivity (Wildman–Crippen MR) is 75.4 cm³/mol. The number of halogens is 1. The van der Waals surface area contributed by atoms with Crippen molar-refractivity contribution in [3.05, 3.63) is 42.2 Å². The molecule has 1 aliphatic heterocycles. The van der Waals surface area contributed by atoms with E-state index in [9.17, 15) is 4.39 Å². The van der Waals surface area contributed by atoms with Crippen LogP contribution in [0.25, 0.3) is 10.2 Å². The highest BCUT2D eigenvalue weighted by Gasteiger charge is 2.14. The standard InChI is InChI=1S/C14H9FN2O2S/c15-8-1-3-10-13(5-8)20-14(17-10)16-9-2-4-11-12(6-9)19-7-18-11/h1-6H,7H2,(H,16,17). The van der Waals surface area contributed by atoms with Gasteiger partial charge in [0.2, 0.25) is 6.79 Å². The van der Waals surface area contributed by atoms with Crippen molar-refractivity contribution in [2.45, 2.75) is 0 Å². The maximum atomic E-state index is 13.2. The first kappa shape index (κ1) is 11.5. The molecule has 0 amide bonds. The minimum Gasteiger partial charge on any atom is -0.454 e. The summed E-state index contributed by atoms with van der Waals surface area (Å²) in [6.07, 6.45) is 0. The minimum absolute atomic E-state index is 0.249. The molecule has 4 rings (SSSR count). The number of hydrogen-bond acceptors (Lipinski definition) is 5. The molecule has 2 heterocycles. The Balaban J connectivity index is 1.66. The molecule has 0 fully saturated rings. The minimum atomic E-state index is -0.254. The molecule has 100 valence electrons. The summed E-state index contributed by atoms with van der Waals surface area (Å²) >= 11 is 1.41. The van der Waals surface area contributed by atoms with Crippen molar-refractivity contribution >= 4 is 32.4 Å². The lowest BCUT2D eigenvalue weighted by Gasteiger charge is -2.03. The van der Waals surface area contributed by atoms with Crippen LogP contribution in [-0.2, 0) is 0 Å². The van der Waals surface area contributed by atoms with Crippen molar-refractivity contribution in [3.63, 3.8) is 0 Å². The maximum absolute atomic E-state index is 13.2. The molecule has 1 N–H and O–H groups in total. The van der Waals surface area contributed by atoms with Crippen LogP contribution in [0.3, 0.4) is 0 Å². The van der Waals surface area contributed by atoms with Gasteiger partial charge in [0.05, 0.1) is 10.2 Å². The number of anilines is 2. The van der Waals surface area contributed by atoms with E-state index in [1.807, 2.05) is 18.2 Å². The van der Waals surface area contributed by atoms with Gasteiger partial charge in [-0.1, -0.05) is 11.3 Å². The Kier molecular flexibility index (Phi) is 2.50. The van der Waals surface area contributed by atoms with Gasteiger partial charge in [0, 0.05) is 11.8 Å². The van der Waals surface area contributed by atoms with E-state index < -0.39 is 0 Å². The fourth-order valence-corrected chi connectivity index (χ4v) is 2.96. The molecular weight excluding hydrogens is 279 g/mol. The highest BCUT2D eigenvalue weighted by atomic mass is 32.1. The van der Waals surface area contributed by atoms with Crippen molar-refractivity contribution in [1.82, 2.24) is 4.98 Å². The van der Waals surface area contributed by atoms with Crippen LogP contribution < -0.4 is 14.8 Å². The summed E-state index contributed by atoms with van der Waals surface area (Å²) < 4.78 is 24.5. The normalized spacial score (nSPS) is 12.8. The molecule has 2 aromatic carbocycles. The first-order valence-corrected chi connectivity index (χ1v) is 6.82. The van der Waals surface area contributed by atoms with Crippen molar-refractivity contribution in [2.24, 2.45) is 0 Å². The Morgan fingerprint density at radius 3 is 2.95 bits per heavy atom. The molecule has 0 unspecified atom stereocenters. The summed E-state index contributed by atoms with van der Waals surface area (Å²) in [5, 5.41) is 3.90. The molecule has 0 aliphatic carbocycles. The predicted octanol–water partition coefficient (Wildman–Crippen LogP) is 3.91. The molecule has 0 saturated carbocycles. The summed E-state index contributed by atoms with van der Waals surface area (Å²) in [4.78, 5) is 4.41. The second kappa shape index (κ2) is 4.35. The molecule has 1 aromatic heterocycles. The van der Waals surface area contributed by atoms with Gasteiger partial charge in [-0.25, -0.2) is 9.37 Å². The molecule has 6 heteroatoms. The zero-order valence-corrected chi connectivity index (χ0v) is 11.0. The Labute approximate surface area is 117 Å². The van der Waals surface area contributed by atoms with E-state index in [4.69, 9.17) is 9.47 Å². The van der Waals surface area contributed by atoms with Crippen LogP contribution in [0.1, 0.15) is 0 Å². The fraction of sp³-hybridized carbons (Fsp3) is 0.0714. The van der Waals surface area contributed by atoms with E-state index in [1.54, 1.807) is 6.07 Å². The number of benzene rings is 2. The van der Waals surface area contributed by atoms with Gasteiger partial charge in [-0.05, 0) is 30.3 Å². The van der Waals surface area contributed by atoms with Gasteiger partial charge >= 0.3 is 0 Å². The first-order valence-electron chi connectivity index (χ1n) is 6.01. The van der Waals surface area contributed by atoms with Crippen molar-refractivity contribution in [2.75, 3.05) is 12.1 Å². The van der Waals surface area contributed by atoms with Gasteiger partial charge in [-0.3, -0.25) is 0 Å². The average Bonchev–Trinajstić information content (AvgIpc) is 3.03. The number of fused-ring (bicyclic) bond motifs is 2. The number of hydrogen-bond donors (Lipinski definition) is 1. The summed E-state index contributed by atoms with van der Waals surface area (Å²) in [6.45, 7) is 0.249. The van der Waals surface area contributed by atoms with Crippen molar-refractivity contribution in [1.29, 1.82) is 0 Å². The van der Waals surface area contributed by atoms with Gasteiger partial charge in [0.1, 0.15) is 5.82 Å². The highest BCUT2D eigenvalue weighted by Crippen LogP contribution is 2.36. The first-order chi connectivity index (χ1) is 9.78. The second-order valence-corrected chi connectivity index (χ2v) is 5.35.